The lowest BCUT2D eigenvalue weighted by Gasteiger charge is -2.27. The molecule has 0 aliphatic heterocycles. The van der Waals surface area contributed by atoms with Gasteiger partial charge in [0, 0.05) is 6.54 Å². The fraction of sp³-hybridized carbons (Fsp3) is 0.917. The topological polar surface area (TPSA) is 84.6 Å². The summed E-state index contributed by atoms with van der Waals surface area (Å²) in [7, 11) is 0. The number of hydrogen-bond donors (Lipinski definition) is 3. The van der Waals surface area contributed by atoms with E-state index < -0.39 is 12.0 Å². The molecule has 1 fully saturated rings. The summed E-state index contributed by atoms with van der Waals surface area (Å²) in [6, 6.07) is 0. The Hall–Kier alpha value is -0.650. The largest absolute Gasteiger partial charge is 0.389 e. The van der Waals surface area contributed by atoms with Crippen LogP contribution in [-0.2, 0) is 9.53 Å². The molecule has 1 saturated carbocycles. The van der Waals surface area contributed by atoms with Crippen molar-refractivity contribution in [1.29, 1.82) is 0 Å². The molecule has 4 N–H and O–H groups in total. The van der Waals surface area contributed by atoms with Crippen molar-refractivity contribution >= 4 is 5.91 Å². The first-order chi connectivity index (χ1) is 8.08. The van der Waals surface area contributed by atoms with Gasteiger partial charge >= 0.3 is 0 Å². The summed E-state index contributed by atoms with van der Waals surface area (Å²) in [4.78, 5) is 10.5. The van der Waals surface area contributed by atoms with E-state index in [1.165, 1.54) is 12.8 Å². The SMILES string of the molecule is CC1CCCC(OCC(O)CNCC(N)=O)C1. The molecule has 0 saturated heterocycles. The van der Waals surface area contributed by atoms with E-state index in [9.17, 15) is 9.90 Å². The number of aliphatic hydroxyl groups is 1. The van der Waals surface area contributed by atoms with Crippen molar-refractivity contribution in [2.45, 2.75) is 44.8 Å². The summed E-state index contributed by atoms with van der Waals surface area (Å²) in [5.74, 6) is 0.304. The standard InChI is InChI=1S/C12H24N2O3/c1-9-3-2-4-11(5-9)17-8-10(15)6-14-7-12(13)16/h9-11,14-15H,2-8H2,1H3,(H2,13,16). The van der Waals surface area contributed by atoms with Gasteiger partial charge in [-0.3, -0.25) is 4.79 Å². The fourth-order valence-corrected chi connectivity index (χ4v) is 2.20. The van der Waals surface area contributed by atoms with Crippen LogP contribution in [0.15, 0.2) is 0 Å². The van der Waals surface area contributed by atoms with Crippen molar-refractivity contribution in [3.8, 4) is 0 Å². The molecule has 1 aliphatic carbocycles. The average Bonchev–Trinajstić information content (AvgIpc) is 2.26. The molecule has 1 aliphatic rings. The Balaban J connectivity index is 2.06. The van der Waals surface area contributed by atoms with Crippen molar-refractivity contribution in [3.63, 3.8) is 0 Å². The number of carbonyl (C=O) groups is 1. The molecule has 100 valence electrons. The maximum atomic E-state index is 10.5. The summed E-state index contributed by atoms with van der Waals surface area (Å²) < 4.78 is 5.67. The fourth-order valence-electron chi connectivity index (χ4n) is 2.20. The number of amides is 1. The van der Waals surface area contributed by atoms with Crippen LogP contribution >= 0.6 is 0 Å². The highest BCUT2D eigenvalue weighted by Crippen LogP contribution is 2.25. The molecule has 0 heterocycles. The summed E-state index contributed by atoms with van der Waals surface area (Å²) in [6.45, 7) is 2.99. The molecule has 0 aromatic carbocycles. The van der Waals surface area contributed by atoms with E-state index in [2.05, 4.69) is 12.2 Å². The highest BCUT2D eigenvalue weighted by molar-refractivity contribution is 5.75. The first-order valence-electron chi connectivity index (χ1n) is 6.36. The number of rotatable bonds is 7. The molecule has 3 unspecified atom stereocenters. The third-order valence-electron chi connectivity index (χ3n) is 3.09. The Morgan fingerprint density at radius 2 is 2.35 bits per heavy atom. The van der Waals surface area contributed by atoms with E-state index in [0.29, 0.717) is 13.2 Å². The Bertz CT molecular complexity index is 236. The number of ether oxygens (including phenoxy) is 1. The highest BCUT2D eigenvalue weighted by atomic mass is 16.5. The maximum absolute atomic E-state index is 10.5. The average molecular weight is 244 g/mol. The van der Waals surface area contributed by atoms with E-state index in [4.69, 9.17) is 10.5 Å². The van der Waals surface area contributed by atoms with Crippen LogP contribution in [0.25, 0.3) is 0 Å². The molecule has 0 aromatic rings. The zero-order chi connectivity index (χ0) is 12.7. The minimum atomic E-state index is -0.577. The smallest absolute Gasteiger partial charge is 0.231 e. The Morgan fingerprint density at radius 3 is 3.00 bits per heavy atom. The molecule has 0 bridgehead atoms. The van der Waals surface area contributed by atoms with Crippen LogP contribution < -0.4 is 11.1 Å². The molecule has 0 spiro atoms. The third kappa shape index (κ3) is 6.61. The van der Waals surface area contributed by atoms with Gasteiger partial charge in [0.1, 0.15) is 0 Å². The van der Waals surface area contributed by atoms with Crippen molar-refractivity contribution in [1.82, 2.24) is 5.32 Å². The van der Waals surface area contributed by atoms with Crippen molar-refractivity contribution < 1.29 is 14.6 Å². The van der Waals surface area contributed by atoms with Gasteiger partial charge in [-0.2, -0.15) is 0 Å². The summed E-state index contributed by atoms with van der Waals surface area (Å²) in [6.07, 6.45) is 4.37. The summed E-state index contributed by atoms with van der Waals surface area (Å²) in [5, 5.41) is 12.4. The Kier molecular flexibility index (Phi) is 6.47. The molecule has 3 atom stereocenters. The number of nitrogens with one attached hydrogen (secondary N) is 1. The molecule has 0 aromatic heterocycles. The van der Waals surface area contributed by atoms with E-state index in [0.717, 1.165) is 18.8 Å². The van der Waals surface area contributed by atoms with Crippen LogP contribution in [0.1, 0.15) is 32.6 Å². The lowest BCUT2D eigenvalue weighted by Crippen LogP contribution is -2.37. The van der Waals surface area contributed by atoms with Crippen LogP contribution in [0, 0.1) is 5.92 Å². The van der Waals surface area contributed by atoms with Crippen LogP contribution in [0.3, 0.4) is 0 Å². The Morgan fingerprint density at radius 1 is 1.59 bits per heavy atom. The van der Waals surface area contributed by atoms with E-state index in [1.807, 2.05) is 0 Å². The van der Waals surface area contributed by atoms with Crippen LogP contribution in [0.4, 0.5) is 0 Å². The minimum absolute atomic E-state index is 0.0948. The lowest BCUT2D eigenvalue weighted by molar-refractivity contribution is -0.117. The maximum Gasteiger partial charge on any atom is 0.231 e. The first-order valence-corrected chi connectivity index (χ1v) is 6.36. The number of carbonyl (C=O) groups excluding carboxylic acids is 1. The van der Waals surface area contributed by atoms with Gasteiger partial charge in [0.15, 0.2) is 0 Å². The lowest BCUT2D eigenvalue weighted by atomic mass is 9.89. The van der Waals surface area contributed by atoms with Crippen molar-refractivity contribution in [3.05, 3.63) is 0 Å². The number of nitrogens with two attached hydrogens (primary N) is 1. The molecule has 17 heavy (non-hydrogen) atoms. The minimum Gasteiger partial charge on any atom is -0.389 e. The number of hydrogen-bond acceptors (Lipinski definition) is 4. The second-order valence-corrected chi connectivity index (χ2v) is 4.98. The second kappa shape index (κ2) is 7.63. The zero-order valence-corrected chi connectivity index (χ0v) is 10.5. The molecule has 1 rings (SSSR count). The van der Waals surface area contributed by atoms with E-state index >= 15 is 0 Å². The van der Waals surface area contributed by atoms with E-state index in [-0.39, 0.29) is 12.6 Å². The molecular weight excluding hydrogens is 220 g/mol. The first kappa shape index (κ1) is 14.4. The Labute approximate surface area is 103 Å². The van der Waals surface area contributed by atoms with Gasteiger partial charge in [-0.25, -0.2) is 0 Å². The van der Waals surface area contributed by atoms with Gasteiger partial charge in [0.2, 0.25) is 5.91 Å². The molecule has 1 amide bonds. The third-order valence-corrected chi connectivity index (χ3v) is 3.09. The van der Waals surface area contributed by atoms with Crippen LogP contribution in [0.5, 0.6) is 0 Å². The quantitative estimate of drug-likeness (QED) is 0.589. The van der Waals surface area contributed by atoms with Gasteiger partial charge in [-0.1, -0.05) is 19.8 Å². The molecule has 5 nitrogen and oxygen atoms in total. The predicted molar refractivity (Wildman–Crippen MR) is 65.4 cm³/mol. The predicted octanol–water partition coefficient (Wildman–Crippen LogP) is 0.0175. The highest BCUT2D eigenvalue weighted by Gasteiger charge is 2.20. The summed E-state index contributed by atoms with van der Waals surface area (Å²) in [5.41, 5.74) is 4.97. The van der Waals surface area contributed by atoms with Crippen LogP contribution in [0.2, 0.25) is 0 Å². The van der Waals surface area contributed by atoms with Gasteiger partial charge < -0.3 is 20.9 Å². The second-order valence-electron chi connectivity index (χ2n) is 4.98. The molecule has 0 radical (unpaired) electrons. The van der Waals surface area contributed by atoms with Gasteiger partial charge in [0.25, 0.3) is 0 Å². The van der Waals surface area contributed by atoms with Crippen molar-refractivity contribution in [2.75, 3.05) is 19.7 Å². The number of aliphatic hydroxyl groups excluding tert-OH is 1. The normalized spacial score (nSPS) is 26.7. The van der Waals surface area contributed by atoms with Gasteiger partial charge in [0.05, 0.1) is 25.4 Å². The number of primary amides is 1. The monoisotopic (exact) mass is 244 g/mol. The van der Waals surface area contributed by atoms with Crippen molar-refractivity contribution in [2.24, 2.45) is 11.7 Å². The van der Waals surface area contributed by atoms with Crippen LogP contribution in [-0.4, -0.2) is 42.9 Å². The van der Waals surface area contributed by atoms with E-state index in [1.54, 1.807) is 0 Å². The zero-order valence-electron chi connectivity index (χ0n) is 10.5. The van der Waals surface area contributed by atoms with Gasteiger partial charge in [-0.05, 0) is 18.8 Å². The summed E-state index contributed by atoms with van der Waals surface area (Å²) >= 11 is 0. The molecule has 5 heteroatoms. The van der Waals surface area contributed by atoms with Gasteiger partial charge in [-0.15, -0.1) is 0 Å². The molecular formula is C12H24N2O3.